The van der Waals surface area contributed by atoms with Gasteiger partial charge in [-0.25, -0.2) is 0 Å². The predicted molar refractivity (Wildman–Crippen MR) is 57.3 cm³/mol. The van der Waals surface area contributed by atoms with Crippen LogP contribution in [0.15, 0.2) is 29.8 Å². The third-order valence-corrected chi connectivity index (χ3v) is 2.01. The number of carbonyl (C=O) groups excluding carboxylic acids is 1. The van der Waals surface area contributed by atoms with Crippen LogP contribution in [0, 0.1) is 0 Å². The fourth-order valence-electron chi connectivity index (χ4n) is 0.938. The number of hydrogen-bond acceptors (Lipinski definition) is 2. The van der Waals surface area contributed by atoms with Gasteiger partial charge in [-0.1, -0.05) is 29.3 Å². The molecule has 0 N–H and O–H groups in total. The molecule has 0 saturated heterocycles. The maximum absolute atomic E-state index is 10.6. The van der Waals surface area contributed by atoms with Crippen molar-refractivity contribution in [2.75, 3.05) is 6.61 Å². The maximum Gasteiger partial charge on any atom is 0.153 e. The number of halogens is 2. The van der Waals surface area contributed by atoms with Gasteiger partial charge in [0.15, 0.2) is 6.29 Å². The van der Waals surface area contributed by atoms with Gasteiger partial charge in [0.1, 0.15) is 12.4 Å². The molecule has 0 fully saturated rings. The van der Waals surface area contributed by atoms with Crippen molar-refractivity contribution in [1.82, 2.24) is 0 Å². The van der Waals surface area contributed by atoms with E-state index in [4.69, 9.17) is 27.9 Å². The van der Waals surface area contributed by atoms with Crippen molar-refractivity contribution in [2.24, 2.45) is 0 Å². The fraction of sp³-hybridized carbons (Fsp3) is 0.100. The zero-order valence-corrected chi connectivity index (χ0v) is 8.76. The van der Waals surface area contributed by atoms with Crippen LogP contribution in [0.4, 0.5) is 0 Å². The Bertz CT molecular complexity index is 348. The van der Waals surface area contributed by atoms with Crippen molar-refractivity contribution in [3.8, 4) is 5.75 Å². The van der Waals surface area contributed by atoms with Gasteiger partial charge in [0.2, 0.25) is 0 Å². The van der Waals surface area contributed by atoms with E-state index in [0.29, 0.717) is 22.6 Å². The number of hydrogen-bond donors (Lipinski definition) is 0. The fourth-order valence-corrected chi connectivity index (χ4v) is 1.25. The molecule has 0 spiro atoms. The molecule has 14 heavy (non-hydrogen) atoms. The smallest absolute Gasteiger partial charge is 0.153 e. The second-order valence-electron chi connectivity index (χ2n) is 2.45. The summed E-state index contributed by atoms with van der Waals surface area (Å²) in [5, 5.41) is 0.414. The van der Waals surface area contributed by atoms with E-state index in [1.54, 1.807) is 24.3 Å². The van der Waals surface area contributed by atoms with Gasteiger partial charge >= 0.3 is 0 Å². The molecule has 74 valence electrons. The third kappa shape index (κ3) is 2.76. The highest BCUT2D eigenvalue weighted by Gasteiger charge is 2.06. The van der Waals surface area contributed by atoms with Crippen molar-refractivity contribution >= 4 is 29.5 Å². The lowest BCUT2D eigenvalue weighted by atomic mass is 10.2. The zero-order chi connectivity index (χ0) is 10.4. The monoisotopic (exact) mass is 230 g/mol. The van der Waals surface area contributed by atoms with Crippen LogP contribution >= 0.6 is 23.2 Å². The number of carbonyl (C=O) groups is 1. The first-order valence-electron chi connectivity index (χ1n) is 3.91. The Morgan fingerprint density at radius 2 is 2.21 bits per heavy atom. The van der Waals surface area contributed by atoms with Crippen LogP contribution in [0.2, 0.25) is 5.02 Å². The van der Waals surface area contributed by atoms with E-state index < -0.39 is 0 Å². The minimum atomic E-state index is 0.286. The van der Waals surface area contributed by atoms with Crippen molar-refractivity contribution in [3.63, 3.8) is 0 Å². The molecule has 1 aromatic carbocycles. The summed E-state index contributed by atoms with van der Waals surface area (Å²) in [4.78, 5) is 10.6. The predicted octanol–water partition coefficient (Wildman–Crippen LogP) is 3.28. The summed E-state index contributed by atoms with van der Waals surface area (Å²) in [6.45, 7) is 0.286. The van der Waals surface area contributed by atoms with Gasteiger partial charge in [-0.2, -0.15) is 0 Å². The van der Waals surface area contributed by atoms with Crippen LogP contribution in [-0.2, 0) is 0 Å². The quantitative estimate of drug-likeness (QED) is 0.743. The van der Waals surface area contributed by atoms with Gasteiger partial charge in [-0.3, -0.25) is 4.79 Å². The minimum Gasteiger partial charge on any atom is -0.487 e. The van der Waals surface area contributed by atoms with E-state index in [0.717, 1.165) is 0 Å². The lowest BCUT2D eigenvalue weighted by Gasteiger charge is -2.07. The number of benzene rings is 1. The molecule has 0 bridgehead atoms. The van der Waals surface area contributed by atoms with E-state index in [1.165, 1.54) is 5.54 Å². The SMILES string of the molecule is O=Cc1cccc(Cl)c1OC/C=C/Cl. The van der Waals surface area contributed by atoms with Crippen molar-refractivity contribution in [2.45, 2.75) is 0 Å². The Hall–Kier alpha value is -0.990. The molecule has 0 atom stereocenters. The van der Waals surface area contributed by atoms with Gasteiger partial charge in [-0.15, -0.1) is 0 Å². The Labute approximate surface area is 92.1 Å². The van der Waals surface area contributed by atoms with E-state index in [1.807, 2.05) is 0 Å². The van der Waals surface area contributed by atoms with Crippen LogP contribution in [0.5, 0.6) is 5.75 Å². The molecule has 0 amide bonds. The van der Waals surface area contributed by atoms with E-state index in [9.17, 15) is 4.79 Å². The van der Waals surface area contributed by atoms with Crippen molar-refractivity contribution in [3.05, 3.63) is 40.4 Å². The van der Waals surface area contributed by atoms with Crippen LogP contribution < -0.4 is 4.74 Å². The first-order valence-corrected chi connectivity index (χ1v) is 4.72. The molecule has 0 saturated carbocycles. The molecule has 0 unspecified atom stereocenters. The molecular formula is C10H8Cl2O2. The lowest BCUT2D eigenvalue weighted by Crippen LogP contribution is -1.97. The highest BCUT2D eigenvalue weighted by molar-refractivity contribution is 6.32. The first-order chi connectivity index (χ1) is 6.79. The topological polar surface area (TPSA) is 26.3 Å². The summed E-state index contributed by atoms with van der Waals surface area (Å²) in [6.07, 6.45) is 2.31. The number of rotatable bonds is 4. The molecule has 0 heterocycles. The van der Waals surface area contributed by atoms with Gasteiger partial charge in [-0.05, 0) is 18.2 Å². The highest BCUT2D eigenvalue weighted by Crippen LogP contribution is 2.27. The molecule has 2 nitrogen and oxygen atoms in total. The highest BCUT2D eigenvalue weighted by atomic mass is 35.5. The lowest BCUT2D eigenvalue weighted by molar-refractivity contribution is 0.112. The molecule has 1 rings (SSSR count). The molecule has 0 aromatic heterocycles. The van der Waals surface area contributed by atoms with Gasteiger partial charge < -0.3 is 4.74 Å². The Morgan fingerprint density at radius 1 is 1.43 bits per heavy atom. The second-order valence-corrected chi connectivity index (χ2v) is 3.11. The van der Waals surface area contributed by atoms with Crippen molar-refractivity contribution < 1.29 is 9.53 Å². The van der Waals surface area contributed by atoms with Crippen LogP contribution in [0.25, 0.3) is 0 Å². The summed E-state index contributed by atoms with van der Waals surface area (Å²) >= 11 is 11.2. The van der Waals surface area contributed by atoms with Crippen LogP contribution in [0.3, 0.4) is 0 Å². The van der Waals surface area contributed by atoms with Crippen molar-refractivity contribution in [1.29, 1.82) is 0 Å². The largest absolute Gasteiger partial charge is 0.487 e. The zero-order valence-electron chi connectivity index (χ0n) is 7.24. The Balaban J connectivity index is 2.87. The van der Waals surface area contributed by atoms with E-state index in [2.05, 4.69) is 0 Å². The molecule has 0 aliphatic heterocycles. The standard InChI is InChI=1S/C10H8Cl2O2/c11-5-2-6-14-10-8(7-13)3-1-4-9(10)12/h1-5,7H,6H2/b5-2+. The summed E-state index contributed by atoms with van der Waals surface area (Å²) < 4.78 is 5.26. The average Bonchev–Trinajstić information content (AvgIpc) is 2.20. The molecular weight excluding hydrogens is 223 g/mol. The molecule has 0 aliphatic rings. The molecule has 4 heteroatoms. The second kappa shape index (κ2) is 5.68. The summed E-state index contributed by atoms with van der Waals surface area (Å²) in [5.74, 6) is 0.388. The molecule has 0 radical (unpaired) electrons. The summed E-state index contributed by atoms with van der Waals surface area (Å²) in [6, 6.07) is 4.99. The van der Waals surface area contributed by atoms with E-state index in [-0.39, 0.29) is 6.61 Å². The molecule has 1 aromatic rings. The van der Waals surface area contributed by atoms with E-state index >= 15 is 0 Å². The first kappa shape index (κ1) is 11.1. The Morgan fingerprint density at radius 3 is 2.86 bits per heavy atom. The van der Waals surface area contributed by atoms with Crippen LogP contribution in [-0.4, -0.2) is 12.9 Å². The third-order valence-electron chi connectivity index (χ3n) is 1.54. The average molecular weight is 231 g/mol. The Kier molecular flexibility index (Phi) is 4.50. The normalized spacial score (nSPS) is 10.4. The number of aldehydes is 1. The number of ether oxygens (including phenoxy) is 1. The minimum absolute atomic E-state index is 0.286. The summed E-state index contributed by atoms with van der Waals surface area (Å²) in [7, 11) is 0. The molecule has 0 aliphatic carbocycles. The van der Waals surface area contributed by atoms with Gasteiger partial charge in [0.05, 0.1) is 10.6 Å². The van der Waals surface area contributed by atoms with Gasteiger partial charge in [0.25, 0.3) is 0 Å². The maximum atomic E-state index is 10.6. The number of para-hydroxylation sites is 1. The summed E-state index contributed by atoms with van der Waals surface area (Å²) in [5.41, 5.74) is 1.78. The van der Waals surface area contributed by atoms with Gasteiger partial charge in [0, 0.05) is 5.54 Å². The van der Waals surface area contributed by atoms with Crippen LogP contribution in [0.1, 0.15) is 10.4 Å².